The second-order valence-corrected chi connectivity index (χ2v) is 9.87. The maximum absolute atomic E-state index is 12.8. The maximum Gasteiger partial charge on any atom is 0.259 e. The highest BCUT2D eigenvalue weighted by Crippen LogP contribution is 2.34. The summed E-state index contributed by atoms with van der Waals surface area (Å²) in [5.41, 5.74) is 2.04. The second kappa shape index (κ2) is 9.18. The van der Waals surface area contributed by atoms with Gasteiger partial charge in [-0.1, -0.05) is 11.8 Å². The van der Waals surface area contributed by atoms with Crippen LogP contribution in [0.3, 0.4) is 0 Å². The van der Waals surface area contributed by atoms with Gasteiger partial charge in [-0.3, -0.25) is 4.79 Å². The van der Waals surface area contributed by atoms with Crippen LogP contribution in [0, 0.1) is 0 Å². The average Bonchev–Trinajstić information content (AvgIpc) is 3.43. The molecule has 0 saturated carbocycles. The first-order valence-electron chi connectivity index (χ1n) is 10.9. The van der Waals surface area contributed by atoms with Gasteiger partial charge in [0.25, 0.3) is 5.56 Å². The number of hydrogen-bond acceptors (Lipinski definition) is 8. The number of hydrogen-bond donors (Lipinski definition) is 1. The molecule has 0 unspecified atom stereocenters. The Morgan fingerprint density at radius 3 is 2.61 bits per heavy atom. The van der Waals surface area contributed by atoms with Crippen molar-refractivity contribution in [3.05, 3.63) is 44.8 Å². The number of nitrogens with one attached hydrogen (secondary N) is 1. The maximum atomic E-state index is 12.8. The number of thioether (sulfide) groups is 1. The fourth-order valence-electron chi connectivity index (χ4n) is 4.24. The number of fused-ring (bicyclic) bond motifs is 3. The molecule has 1 aromatic carbocycles. The highest BCUT2D eigenvalue weighted by molar-refractivity contribution is 7.98. The van der Waals surface area contributed by atoms with E-state index in [1.165, 1.54) is 28.6 Å². The Morgan fingerprint density at radius 2 is 1.88 bits per heavy atom. The van der Waals surface area contributed by atoms with Crippen LogP contribution >= 0.6 is 23.1 Å². The number of benzene rings is 1. The smallest absolute Gasteiger partial charge is 0.259 e. The normalized spacial score (nSPS) is 13.3. The van der Waals surface area contributed by atoms with Gasteiger partial charge in [-0.15, -0.1) is 21.5 Å². The Morgan fingerprint density at radius 1 is 1.12 bits per heavy atom. The minimum absolute atomic E-state index is 0.0314. The van der Waals surface area contributed by atoms with E-state index in [1.54, 1.807) is 25.6 Å². The van der Waals surface area contributed by atoms with Crippen molar-refractivity contribution >= 4 is 33.3 Å². The lowest BCUT2D eigenvalue weighted by Crippen LogP contribution is -2.12. The minimum Gasteiger partial charge on any atom is -0.497 e. The number of thiophene rings is 1. The second-order valence-electron chi connectivity index (χ2n) is 7.84. The number of aromatic nitrogens is 5. The molecule has 4 aromatic rings. The predicted octanol–water partition coefficient (Wildman–Crippen LogP) is 4.45. The monoisotopic (exact) mass is 483 g/mol. The van der Waals surface area contributed by atoms with Gasteiger partial charge in [0, 0.05) is 23.1 Å². The van der Waals surface area contributed by atoms with Crippen molar-refractivity contribution in [2.75, 3.05) is 14.2 Å². The van der Waals surface area contributed by atoms with E-state index in [4.69, 9.17) is 14.5 Å². The van der Waals surface area contributed by atoms with E-state index in [9.17, 15) is 4.79 Å². The number of aromatic amines is 1. The summed E-state index contributed by atoms with van der Waals surface area (Å²) >= 11 is 3.18. The Balaban J connectivity index is 1.43. The topological polar surface area (TPSA) is 94.9 Å². The molecule has 0 spiro atoms. The van der Waals surface area contributed by atoms with Crippen LogP contribution in [0.2, 0.25) is 0 Å². The number of H-pyrrole nitrogens is 1. The van der Waals surface area contributed by atoms with Crippen molar-refractivity contribution < 1.29 is 9.47 Å². The summed E-state index contributed by atoms with van der Waals surface area (Å²) < 4.78 is 12.8. The molecule has 5 rings (SSSR count). The standard InChI is InChI=1S/C23H25N5O3S2/c1-4-28-20(13-9-14(30-2)11-15(10-13)31-3)26-27-23(28)32-12-18-24-21(29)19-16-7-5-6-8-17(16)33-22(19)25-18/h9-11H,4-8,12H2,1-3H3,(H,24,25,29). The summed E-state index contributed by atoms with van der Waals surface area (Å²) in [4.78, 5) is 22.8. The van der Waals surface area contributed by atoms with Gasteiger partial charge in [-0.25, -0.2) is 4.98 Å². The zero-order valence-corrected chi connectivity index (χ0v) is 20.4. The van der Waals surface area contributed by atoms with Crippen molar-refractivity contribution in [1.82, 2.24) is 24.7 Å². The lowest BCUT2D eigenvalue weighted by Gasteiger charge is -2.10. The molecule has 8 nitrogen and oxygen atoms in total. The number of ether oxygens (including phenoxy) is 2. The third-order valence-corrected chi connectivity index (χ3v) is 8.02. The van der Waals surface area contributed by atoms with Crippen molar-refractivity contribution in [3.63, 3.8) is 0 Å². The molecular weight excluding hydrogens is 458 g/mol. The fraction of sp³-hybridized carbons (Fsp3) is 0.391. The summed E-state index contributed by atoms with van der Waals surface area (Å²) in [7, 11) is 3.25. The molecule has 0 fully saturated rings. The van der Waals surface area contributed by atoms with Gasteiger partial charge in [-0.05, 0) is 50.3 Å². The van der Waals surface area contributed by atoms with Gasteiger partial charge in [0.2, 0.25) is 0 Å². The molecule has 1 aliphatic carbocycles. The summed E-state index contributed by atoms with van der Waals surface area (Å²) in [6.45, 7) is 2.75. The summed E-state index contributed by atoms with van der Waals surface area (Å²) in [5, 5.41) is 10.4. The Hall–Kier alpha value is -2.85. The molecule has 3 heterocycles. The molecule has 3 aromatic heterocycles. The van der Waals surface area contributed by atoms with Crippen molar-refractivity contribution in [2.24, 2.45) is 0 Å². The first-order chi connectivity index (χ1) is 16.1. The van der Waals surface area contributed by atoms with Gasteiger partial charge in [-0.2, -0.15) is 0 Å². The molecule has 0 saturated heterocycles. The van der Waals surface area contributed by atoms with Crippen LogP contribution in [-0.4, -0.2) is 39.0 Å². The van der Waals surface area contributed by atoms with Gasteiger partial charge >= 0.3 is 0 Å². The summed E-state index contributed by atoms with van der Waals surface area (Å²) in [6, 6.07) is 5.66. The van der Waals surface area contributed by atoms with E-state index < -0.39 is 0 Å². The Labute approximate surface area is 199 Å². The minimum atomic E-state index is -0.0314. The van der Waals surface area contributed by atoms with Gasteiger partial charge in [0.1, 0.15) is 22.2 Å². The summed E-state index contributed by atoms with van der Waals surface area (Å²) in [6.07, 6.45) is 4.36. The van der Waals surface area contributed by atoms with E-state index in [0.29, 0.717) is 29.6 Å². The summed E-state index contributed by atoms with van der Waals surface area (Å²) in [5.74, 6) is 3.29. The lowest BCUT2D eigenvalue weighted by atomic mass is 9.97. The molecular formula is C23H25N5O3S2. The molecule has 0 aliphatic heterocycles. The highest BCUT2D eigenvalue weighted by atomic mass is 32.2. The molecule has 10 heteroatoms. The van der Waals surface area contributed by atoms with Crippen LogP contribution in [-0.2, 0) is 25.1 Å². The number of aryl methyl sites for hydroxylation is 2. The molecule has 33 heavy (non-hydrogen) atoms. The lowest BCUT2D eigenvalue weighted by molar-refractivity contribution is 0.394. The van der Waals surface area contributed by atoms with Crippen LogP contribution in [0.1, 0.15) is 36.0 Å². The molecule has 172 valence electrons. The molecule has 0 atom stereocenters. The number of nitrogens with zero attached hydrogens (tertiary/aromatic N) is 4. The van der Waals surface area contributed by atoms with Gasteiger partial charge < -0.3 is 19.0 Å². The zero-order chi connectivity index (χ0) is 22.9. The van der Waals surface area contributed by atoms with E-state index >= 15 is 0 Å². The highest BCUT2D eigenvalue weighted by Gasteiger charge is 2.20. The molecule has 1 aliphatic rings. The van der Waals surface area contributed by atoms with Gasteiger partial charge in [0.15, 0.2) is 11.0 Å². The third kappa shape index (κ3) is 4.13. The van der Waals surface area contributed by atoms with Crippen molar-refractivity contribution in [2.45, 2.75) is 50.1 Å². The largest absolute Gasteiger partial charge is 0.497 e. The van der Waals surface area contributed by atoms with Crippen molar-refractivity contribution in [1.29, 1.82) is 0 Å². The zero-order valence-electron chi connectivity index (χ0n) is 18.8. The third-order valence-electron chi connectivity index (χ3n) is 5.85. The first-order valence-corrected chi connectivity index (χ1v) is 12.7. The van der Waals surface area contributed by atoms with Crippen LogP contribution in [0.4, 0.5) is 0 Å². The number of methoxy groups -OCH3 is 2. The first kappa shape index (κ1) is 22.0. The van der Waals surface area contributed by atoms with E-state index in [1.807, 2.05) is 22.8 Å². The molecule has 0 radical (unpaired) electrons. The molecule has 1 N–H and O–H groups in total. The van der Waals surface area contributed by atoms with E-state index in [0.717, 1.165) is 46.0 Å². The Bertz CT molecular complexity index is 1350. The molecule has 0 amide bonds. The van der Waals surface area contributed by atoms with E-state index in [-0.39, 0.29) is 5.56 Å². The van der Waals surface area contributed by atoms with Crippen LogP contribution in [0.25, 0.3) is 21.6 Å². The fourth-order valence-corrected chi connectivity index (χ4v) is 6.39. The number of rotatable bonds is 7. The molecule has 0 bridgehead atoms. The van der Waals surface area contributed by atoms with Crippen LogP contribution in [0.15, 0.2) is 28.2 Å². The van der Waals surface area contributed by atoms with Crippen LogP contribution < -0.4 is 15.0 Å². The quantitative estimate of drug-likeness (QED) is 0.388. The average molecular weight is 484 g/mol. The SMILES string of the molecule is CCn1c(SCc2nc3sc4c(c3c(=O)[nH]2)CCCC4)nnc1-c1cc(OC)cc(OC)c1. The van der Waals surface area contributed by atoms with Gasteiger partial charge in [0.05, 0.1) is 25.4 Å². The van der Waals surface area contributed by atoms with Crippen LogP contribution in [0.5, 0.6) is 11.5 Å². The van der Waals surface area contributed by atoms with E-state index in [2.05, 4.69) is 22.1 Å². The predicted molar refractivity (Wildman–Crippen MR) is 131 cm³/mol. The van der Waals surface area contributed by atoms with Crippen molar-refractivity contribution in [3.8, 4) is 22.9 Å². The Kier molecular flexibility index (Phi) is 6.11.